The maximum absolute atomic E-state index is 12.3. The van der Waals surface area contributed by atoms with Crippen molar-refractivity contribution in [2.24, 2.45) is 0 Å². The molecule has 1 aromatic heterocycles. The number of ether oxygens (including phenoxy) is 1. The molecule has 1 amide bonds. The summed E-state index contributed by atoms with van der Waals surface area (Å²) in [4.78, 5) is 14.0. The van der Waals surface area contributed by atoms with E-state index in [0.717, 1.165) is 29.3 Å². The van der Waals surface area contributed by atoms with E-state index in [0.29, 0.717) is 24.9 Å². The molecule has 0 N–H and O–H groups in total. The van der Waals surface area contributed by atoms with Crippen LogP contribution in [0.1, 0.15) is 31.4 Å². The summed E-state index contributed by atoms with van der Waals surface area (Å²) in [6.45, 7) is 3.17. The third-order valence-corrected chi connectivity index (χ3v) is 4.68. The van der Waals surface area contributed by atoms with Gasteiger partial charge in [-0.2, -0.15) is 0 Å². The molecule has 1 heterocycles. The average molecular weight is 347 g/mol. The Kier molecular flexibility index (Phi) is 5.34. The zero-order valence-corrected chi connectivity index (χ0v) is 14.7. The first-order valence-corrected chi connectivity index (χ1v) is 9.02. The van der Waals surface area contributed by atoms with E-state index in [-0.39, 0.29) is 5.91 Å². The van der Waals surface area contributed by atoms with E-state index in [4.69, 9.17) is 4.74 Å². The number of hydrogen-bond donors (Lipinski definition) is 0. The Bertz CT molecular complexity index is 684. The Morgan fingerprint density at radius 3 is 2.79 bits per heavy atom. The zero-order chi connectivity index (χ0) is 16.9. The third kappa shape index (κ3) is 4.25. The van der Waals surface area contributed by atoms with Crippen molar-refractivity contribution in [3.05, 3.63) is 29.8 Å². The lowest BCUT2D eigenvalue weighted by molar-refractivity contribution is -0.127. The Morgan fingerprint density at radius 1 is 1.38 bits per heavy atom. The molecular weight excluding hydrogens is 326 g/mol. The molecular formula is C16H21N5O2S. The minimum atomic E-state index is 0.0548. The summed E-state index contributed by atoms with van der Waals surface area (Å²) in [6.07, 6.45) is 2.23. The summed E-state index contributed by atoms with van der Waals surface area (Å²) in [5.41, 5.74) is 1.07. The topological polar surface area (TPSA) is 73.1 Å². The first-order chi connectivity index (χ1) is 11.7. The fraction of sp³-hybridized carbons (Fsp3) is 0.500. The highest BCUT2D eigenvalue weighted by Gasteiger charge is 2.28. The number of tetrazole rings is 1. The number of aromatic nitrogens is 4. The monoisotopic (exact) mass is 347 g/mol. The number of amides is 1. The lowest BCUT2D eigenvalue weighted by Crippen LogP contribution is -2.27. The molecule has 0 spiro atoms. The number of nitrogens with zero attached hydrogens (tertiary/aromatic N) is 5. The van der Waals surface area contributed by atoms with Crippen LogP contribution in [0.5, 0.6) is 5.75 Å². The molecule has 1 aromatic carbocycles. The van der Waals surface area contributed by atoms with E-state index in [1.165, 1.54) is 11.8 Å². The normalized spacial score (nSPS) is 13.8. The quantitative estimate of drug-likeness (QED) is 0.681. The van der Waals surface area contributed by atoms with Crippen LogP contribution in [0.2, 0.25) is 0 Å². The summed E-state index contributed by atoms with van der Waals surface area (Å²) in [5, 5.41) is 12.4. The van der Waals surface area contributed by atoms with Crippen molar-refractivity contribution >= 4 is 17.7 Å². The van der Waals surface area contributed by atoms with Crippen molar-refractivity contribution in [1.82, 2.24) is 25.1 Å². The van der Waals surface area contributed by atoms with Gasteiger partial charge in [0.15, 0.2) is 0 Å². The predicted octanol–water partition coefficient (Wildman–Crippen LogP) is 2.16. The van der Waals surface area contributed by atoms with Crippen LogP contribution >= 0.6 is 11.8 Å². The molecule has 7 nitrogen and oxygen atoms in total. The van der Waals surface area contributed by atoms with Gasteiger partial charge in [-0.3, -0.25) is 4.79 Å². The fourth-order valence-corrected chi connectivity index (χ4v) is 3.17. The molecule has 1 aliphatic rings. The molecule has 2 aromatic rings. The summed E-state index contributed by atoms with van der Waals surface area (Å²) in [6, 6.07) is 8.23. The Hall–Kier alpha value is -2.09. The molecule has 0 aliphatic heterocycles. The van der Waals surface area contributed by atoms with Gasteiger partial charge in [0.05, 0.1) is 18.4 Å². The number of carbonyl (C=O) groups excluding carboxylic acids is 1. The van der Waals surface area contributed by atoms with Crippen LogP contribution in [0.4, 0.5) is 0 Å². The van der Waals surface area contributed by atoms with E-state index in [9.17, 15) is 4.79 Å². The largest absolute Gasteiger partial charge is 0.494 e. The van der Waals surface area contributed by atoms with Crippen molar-refractivity contribution < 1.29 is 9.53 Å². The average Bonchev–Trinajstić information content (AvgIpc) is 3.33. The van der Waals surface area contributed by atoms with Crippen LogP contribution in [0.3, 0.4) is 0 Å². The summed E-state index contributed by atoms with van der Waals surface area (Å²) < 4.78 is 7.25. The molecule has 8 heteroatoms. The van der Waals surface area contributed by atoms with Gasteiger partial charge in [0.25, 0.3) is 0 Å². The van der Waals surface area contributed by atoms with Crippen LogP contribution in [-0.4, -0.2) is 50.4 Å². The van der Waals surface area contributed by atoms with Crippen molar-refractivity contribution in [2.75, 3.05) is 19.4 Å². The molecule has 0 unspecified atom stereocenters. The van der Waals surface area contributed by atoms with Crippen LogP contribution < -0.4 is 4.74 Å². The first kappa shape index (κ1) is 16.8. The number of thioether (sulfide) groups is 1. The van der Waals surface area contributed by atoms with E-state index in [1.54, 1.807) is 4.90 Å². The van der Waals surface area contributed by atoms with Crippen LogP contribution in [0, 0.1) is 0 Å². The van der Waals surface area contributed by atoms with Crippen molar-refractivity contribution in [2.45, 2.75) is 37.5 Å². The van der Waals surface area contributed by atoms with Crippen molar-refractivity contribution in [1.29, 1.82) is 0 Å². The second-order valence-corrected chi connectivity index (χ2v) is 6.70. The van der Waals surface area contributed by atoms with E-state index < -0.39 is 0 Å². The standard InChI is InChI=1S/C16H21N5O2S/c1-3-23-14-8-4-12(5-9-14)10-20(2)15(22)11-24-16-17-18-19-21(16)13-6-7-13/h4-5,8-9,13H,3,6-7,10-11H2,1-2H3. The van der Waals surface area contributed by atoms with Gasteiger partial charge in [-0.25, -0.2) is 4.68 Å². The third-order valence-electron chi connectivity index (χ3n) is 3.76. The molecule has 3 rings (SSSR count). The fourth-order valence-electron chi connectivity index (χ4n) is 2.29. The molecule has 0 atom stereocenters. The van der Waals surface area contributed by atoms with Crippen LogP contribution in [0.25, 0.3) is 0 Å². The van der Waals surface area contributed by atoms with Gasteiger partial charge in [0.2, 0.25) is 11.1 Å². The highest BCUT2D eigenvalue weighted by atomic mass is 32.2. The Morgan fingerprint density at radius 2 is 2.12 bits per heavy atom. The van der Waals surface area contributed by atoms with Gasteiger partial charge in [-0.1, -0.05) is 23.9 Å². The van der Waals surface area contributed by atoms with Crippen LogP contribution in [0.15, 0.2) is 29.4 Å². The van der Waals surface area contributed by atoms with E-state index in [2.05, 4.69) is 15.5 Å². The predicted molar refractivity (Wildman–Crippen MR) is 90.9 cm³/mol. The molecule has 1 aliphatic carbocycles. The molecule has 128 valence electrons. The lowest BCUT2D eigenvalue weighted by atomic mass is 10.2. The number of rotatable bonds is 8. The second-order valence-electron chi connectivity index (χ2n) is 5.75. The maximum Gasteiger partial charge on any atom is 0.233 e. The highest BCUT2D eigenvalue weighted by molar-refractivity contribution is 7.99. The summed E-state index contributed by atoms with van der Waals surface area (Å²) >= 11 is 1.39. The number of hydrogen-bond acceptors (Lipinski definition) is 6. The van der Waals surface area contributed by atoms with Gasteiger partial charge in [0.1, 0.15) is 5.75 Å². The number of benzene rings is 1. The van der Waals surface area contributed by atoms with Gasteiger partial charge < -0.3 is 9.64 Å². The second kappa shape index (κ2) is 7.65. The molecule has 0 bridgehead atoms. The molecule has 1 fully saturated rings. The number of carbonyl (C=O) groups is 1. The molecule has 0 saturated heterocycles. The Labute approximate surface area is 145 Å². The van der Waals surface area contributed by atoms with Crippen LogP contribution in [-0.2, 0) is 11.3 Å². The lowest BCUT2D eigenvalue weighted by Gasteiger charge is -2.17. The minimum Gasteiger partial charge on any atom is -0.494 e. The van der Waals surface area contributed by atoms with Crippen molar-refractivity contribution in [3.8, 4) is 5.75 Å². The van der Waals surface area contributed by atoms with Gasteiger partial charge in [0, 0.05) is 13.6 Å². The smallest absolute Gasteiger partial charge is 0.233 e. The van der Waals surface area contributed by atoms with Gasteiger partial charge in [-0.05, 0) is 47.9 Å². The summed E-state index contributed by atoms with van der Waals surface area (Å²) in [5.74, 6) is 1.23. The molecule has 0 radical (unpaired) electrons. The summed E-state index contributed by atoms with van der Waals surface area (Å²) in [7, 11) is 1.81. The van der Waals surface area contributed by atoms with E-state index >= 15 is 0 Å². The molecule has 24 heavy (non-hydrogen) atoms. The first-order valence-electron chi connectivity index (χ1n) is 8.03. The van der Waals surface area contributed by atoms with Gasteiger partial charge in [-0.15, -0.1) is 5.10 Å². The maximum atomic E-state index is 12.3. The minimum absolute atomic E-state index is 0.0548. The zero-order valence-electron chi connectivity index (χ0n) is 13.9. The van der Waals surface area contributed by atoms with E-state index in [1.807, 2.05) is 42.9 Å². The SMILES string of the molecule is CCOc1ccc(CN(C)C(=O)CSc2nnnn2C2CC2)cc1. The van der Waals surface area contributed by atoms with Gasteiger partial charge >= 0.3 is 0 Å². The molecule has 1 saturated carbocycles. The van der Waals surface area contributed by atoms with Crippen molar-refractivity contribution in [3.63, 3.8) is 0 Å². The Balaban J connectivity index is 1.50. The highest BCUT2D eigenvalue weighted by Crippen LogP contribution is 2.36.